The molecular weight excluding hydrogens is 348 g/mol. The van der Waals surface area contributed by atoms with Crippen LogP contribution in [0.4, 0.5) is 0 Å². The highest BCUT2D eigenvalue weighted by molar-refractivity contribution is 7.98. The third-order valence-electron chi connectivity index (χ3n) is 3.20. The molecule has 24 heavy (non-hydrogen) atoms. The number of carbonyl (C=O) groups excluding carboxylic acids is 1. The van der Waals surface area contributed by atoms with Crippen molar-refractivity contribution < 1.29 is 14.6 Å². The Balaban J connectivity index is 1.99. The summed E-state index contributed by atoms with van der Waals surface area (Å²) in [6.07, 6.45) is 3.61. The van der Waals surface area contributed by atoms with Gasteiger partial charge in [0.25, 0.3) is 0 Å². The van der Waals surface area contributed by atoms with E-state index in [2.05, 4.69) is 10.5 Å². The molecule has 0 atom stereocenters. The van der Waals surface area contributed by atoms with Crippen molar-refractivity contribution in [1.82, 2.24) is 5.43 Å². The number of thioether (sulfide) groups is 1. The quantitative estimate of drug-likeness (QED) is 0.467. The average molecular weight is 365 g/mol. The first kappa shape index (κ1) is 18.2. The minimum atomic E-state index is -0.241. The van der Waals surface area contributed by atoms with Crippen molar-refractivity contribution in [2.24, 2.45) is 5.10 Å². The zero-order chi connectivity index (χ0) is 17.5. The number of phenolic OH excluding ortho intramolecular Hbond substituents is 1. The lowest BCUT2D eigenvalue weighted by molar-refractivity contribution is -0.120. The molecule has 2 aromatic carbocycles. The molecule has 0 aliphatic rings. The lowest BCUT2D eigenvalue weighted by atomic mass is 10.1. The molecule has 0 unspecified atom stereocenters. The first-order valence-corrected chi connectivity index (χ1v) is 8.65. The third kappa shape index (κ3) is 4.91. The number of aromatic hydroxyl groups is 1. The molecule has 0 spiro atoms. The molecule has 1 amide bonds. The summed E-state index contributed by atoms with van der Waals surface area (Å²) in [5, 5.41) is 14.0. The summed E-state index contributed by atoms with van der Waals surface area (Å²) in [6.45, 7) is 0. The average Bonchev–Trinajstić information content (AvgIpc) is 2.56. The number of benzene rings is 2. The summed E-state index contributed by atoms with van der Waals surface area (Å²) in [5.41, 5.74) is 4.03. The van der Waals surface area contributed by atoms with E-state index in [1.54, 1.807) is 36.0 Å². The van der Waals surface area contributed by atoms with Gasteiger partial charge in [-0.3, -0.25) is 4.79 Å². The van der Waals surface area contributed by atoms with Crippen LogP contribution in [0.2, 0.25) is 5.02 Å². The molecular formula is C17H17ClN2O3S. The van der Waals surface area contributed by atoms with E-state index in [-0.39, 0.29) is 18.1 Å². The highest BCUT2D eigenvalue weighted by Gasteiger charge is 2.08. The molecule has 0 fully saturated rings. The fourth-order valence-corrected chi connectivity index (χ4v) is 2.84. The number of ether oxygens (including phenoxy) is 1. The predicted molar refractivity (Wildman–Crippen MR) is 97.3 cm³/mol. The van der Waals surface area contributed by atoms with E-state index in [0.717, 1.165) is 10.5 Å². The number of methoxy groups -OCH3 is 1. The van der Waals surface area contributed by atoms with Gasteiger partial charge in [-0.1, -0.05) is 11.6 Å². The molecule has 7 heteroatoms. The number of hydrogen-bond donors (Lipinski definition) is 2. The second kappa shape index (κ2) is 8.61. The number of nitrogens with zero attached hydrogens (tertiary/aromatic N) is 1. The molecule has 2 rings (SSSR count). The molecule has 0 aromatic heterocycles. The first-order chi connectivity index (χ1) is 11.5. The Hall–Kier alpha value is -2.18. The van der Waals surface area contributed by atoms with Crippen LogP contribution in [-0.4, -0.2) is 30.6 Å². The molecule has 0 heterocycles. The van der Waals surface area contributed by atoms with Crippen LogP contribution < -0.4 is 10.2 Å². The molecule has 126 valence electrons. The summed E-state index contributed by atoms with van der Waals surface area (Å²) < 4.78 is 5.01. The van der Waals surface area contributed by atoms with Gasteiger partial charge >= 0.3 is 0 Å². The number of carbonyl (C=O) groups is 1. The number of phenols is 1. The Bertz CT molecular complexity index is 765. The van der Waals surface area contributed by atoms with Gasteiger partial charge in [0, 0.05) is 9.92 Å². The molecule has 2 aromatic rings. The molecule has 0 bridgehead atoms. The Labute approximate surface area is 149 Å². The van der Waals surface area contributed by atoms with Gasteiger partial charge in [0.15, 0.2) is 11.5 Å². The van der Waals surface area contributed by atoms with Crippen LogP contribution in [0.5, 0.6) is 11.5 Å². The summed E-state index contributed by atoms with van der Waals surface area (Å²) >= 11 is 7.54. The minimum Gasteiger partial charge on any atom is -0.504 e. The van der Waals surface area contributed by atoms with Crippen LogP contribution in [-0.2, 0) is 11.2 Å². The van der Waals surface area contributed by atoms with E-state index in [9.17, 15) is 9.90 Å². The second-order valence-corrected chi connectivity index (χ2v) is 6.14. The van der Waals surface area contributed by atoms with Crippen molar-refractivity contribution in [2.75, 3.05) is 13.4 Å². The van der Waals surface area contributed by atoms with Crippen molar-refractivity contribution in [3.63, 3.8) is 0 Å². The van der Waals surface area contributed by atoms with Crippen LogP contribution in [0, 0.1) is 0 Å². The van der Waals surface area contributed by atoms with Crippen LogP contribution >= 0.6 is 23.4 Å². The van der Waals surface area contributed by atoms with Crippen LogP contribution in [0.25, 0.3) is 0 Å². The van der Waals surface area contributed by atoms with Gasteiger partial charge in [-0.15, -0.1) is 11.8 Å². The van der Waals surface area contributed by atoms with Gasteiger partial charge < -0.3 is 9.84 Å². The maximum Gasteiger partial charge on any atom is 0.244 e. The van der Waals surface area contributed by atoms with Crippen LogP contribution in [0.3, 0.4) is 0 Å². The summed E-state index contributed by atoms with van der Waals surface area (Å²) in [7, 11) is 1.46. The number of nitrogens with one attached hydrogen (secondary N) is 1. The number of rotatable bonds is 6. The molecule has 0 aliphatic heterocycles. The molecule has 0 radical (unpaired) electrons. The zero-order valence-corrected chi connectivity index (χ0v) is 14.8. The van der Waals surface area contributed by atoms with Gasteiger partial charge in [0.1, 0.15) is 0 Å². The van der Waals surface area contributed by atoms with Gasteiger partial charge in [0.2, 0.25) is 5.91 Å². The van der Waals surface area contributed by atoms with Crippen molar-refractivity contribution in [2.45, 2.75) is 11.3 Å². The summed E-state index contributed by atoms with van der Waals surface area (Å²) in [6, 6.07) is 10.2. The minimum absolute atomic E-state index is 0.0456. The van der Waals surface area contributed by atoms with E-state index >= 15 is 0 Å². The van der Waals surface area contributed by atoms with E-state index in [1.165, 1.54) is 19.4 Å². The second-order valence-electron chi connectivity index (χ2n) is 4.86. The topological polar surface area (TPSA) is 70.9 Å². The number of amides is 1. The van der Waals surface area contributed by atoms with Crippen molar-refractivity contribution >= 4 is 35.5 Å². The number of hydrazone groups is 1. The van der Waals surface area contributed by atoms with E-state index in [0.29, 0.717) is 16.3 Å². The van der Waals surface area contributed by atoms with Crippen LogP contribution in [0.1, 0.15) is 11.1 Å². The predicted octanol–water partition coefficient (Wildman–Crippen LogP) is 3.47. The smallest absolute Gasteiger partial charge is 0.244 e. The Kier molecular flexibility index (Phi) is 6.52. The SMILES string of the molecule is COc1cc(/C=N\NC(=O)Cc2cc(Cl)ccc2SC)ccc1O. The zero-order valence-electron chi connectivity index (χ0n) is 13.2. The lowest BCUT2D eigenvalue weighted by Gasteiger charge is -2.07. The Morgan fingerprint density at radius 1 is 1.38 bits per heavy atom. The Morgan fingerprint density at radius 3 is 2.88 bits per heavy atom. The van der Waals surface area contributed by atoms with Gasteiger partial charge in [-0.05, 0) is 53.8 Å². The summed E-state index contributed by atoms with van der Waals surface area (Å²) in [4.78, 5) is 13.0. The van der Waals surface area contributed by atoms with Crippen molar-refractivity contribution in [3.8, 4) is 11.5 Å². The van der Waals surface area contributed by atoms with Crippen LogP contribution in [0.15, 0.2) is 46.4 Å². The molecule has 0 aliphatic carbocycles. The lowest BCUT2D eigenvalue weighted by Crippen LogP contribution is -2.20. The number of hydrogen-bond acceptors (Lipinski definition) is 5. The highest BCUT2D eigenvalue weighted by atomic mass is 35.5. The van der Waals surface area contributed by atoms with Gasteiger partial charge in [-0.2, -0.15) is 5.10 Å². The highest BCUT2D eigenvalue weighted by Crippen LogP contribution is 2.26. The maximum atomic E-state index is 12.0. The molecule has 0 saturated carbocycles. The normalized spacial score (nSPS) is 10.8. The monoisotopic (exact) mass is 364 g/mol. The van der Waals surface area contributed by atoms with Gasteiger partial charge in [-0.25, -0.2) is 5.43 Å². The first-order valence-electron chi connectivity index (χ1n) is 7.05. The fraction of sp³-hybridized carbons (Fsp3) is 0.176. The standard InChI is InChI=1S/C17H17ClN2O3S/c1-23-15-7-11(3-5-14(15)21)10-19-20-17(22)9-12-8-13(18)4-6-16(12)24-2/h3-8,10,21H,9H2,1-2H3,(H,20,22)/b19-10-. The van der Waals surface area contributed by atoms with Crippen molar-refractivity contribution in [3.05, 3.63) is 52.5 Å². The van der Waals surface area contributed by atoms with Crippen molar-refractivity contribution in [1.29, 1.82) is 0 Å². The molecule has 5 nitrogen and oxygen atoms in total. The van der Waals surface area contributed by atoms with Gasteiger partial charge in [0.05, 0.1) is 19.7 Å². The van der Waals surface area contributed by atoms with E-state index in [4.69, 9.17) is 16.3 Å². The summed E-state index contributed by atoms with van der Waals surface area (Å²) in [5.74, 6) is 0.146. The van der Waals surface area contributed by atoms with E-state index < -0.39 is 0 Å². The largest absolute Gasteiger partial charge is 0.504 e. The molecule has 0 saturated heterocycles. The molecule has 2 N–H and O–H groups in total. The maximum absolute atomic E-state index is 12.0. The third-order valence-corrected chi connectivity index (χ3v) is 4.27. The van der Waals surface area contributed by atoms with E-state index in [1.807, 2.05) is 12.3 Å². The fourth-order valence-electron chi connectivity index (χ4n) is 2.05. The number of halogens is 1. The Morgan fingerprint density at radius 2 is 2.17 bits per heavy atom.